The third kappa shape index (κ3) is 3.84. The van der Waals surface area contributed by atoms with Crippen LogP contribution in [-0.4, -0.2) is 48.7 Å². The summed E-state index contributed by atoms with van der Waals surface area (Å²) in [4.78, 5) is 14.4. The van der Waals surface area contributed by atoms with E-state index in [-0.39, 0.29) is 24.4 Å². The highest BCUT2D eigenvalue weighted by Crippen LogP contribution is 2.27. The molecule has 1 saturated heterocycles. The lowest BCUT2D eigenvalue weighted by Gasteiger charge is -2.41. The van der Waals surface area contributed by atoms with Crippen molar-refractivity contribution in [1.82, 2.24) is 10.2 Å². The third-order valence-electron chi connectivity index (χ3n) is 3.73. The molecule has 1 unspecified atom stereocenters. The van der Waals surface area contributed by atoms with Gasteiger partial charge in [0.25, 0.3) is 0 Å². The van der Waals surface area contributed by atoms with Crippen molar-refractivity contribution in [2.24, 2.45) is 0 Å². The fourth-order valence-corrected chi connectivity index (χ4v) is 2.65. The van der Waals surface area contributed by atoms with Crippen molar-refractivity contribution >= 4 is 18.3 Å². The number of carbonyl (C=O) groups is 1. The summed E-state index contributed by atoms with van der Waals surface area (Å²) in [6.07, 6.45) is 4.21. The van der Waals surface area contributed by atoms with Gasteiger partial charge in [0.05, 0.1) is 13.2 Å². The van der Waals surface area contributed by atoms with Crippen LogP contribution >= 0.6 is 12.4 Å². The van der Waals surface area contributed by atoms with Gasteiger partial charge in [-0.05, 0) is 33.1 Å². The zero-order valence-corrected chi connectivity index (χ0v) is 12.2. The lowest BCUT2D eigenvalue weighted by molar-refractivity contribution is -0.138. The molecule has 1 amide bonds. The van der Waals surface area contributed by atoms with Crippen molar-refractivity contribution in [2.75, 3.05) is 19.8 Å². The van der Waals surface area contributed by atoms with Crippen LogP contribution in [-0.2, 0) is 9.53 Å². The minimum Gasteiger partial charge on any atom is -0.378 e. The molecule has 0 aromatic heterocycles. The van der Waals surface area contributed by atoms with Crippen molar-refractivity contribution in [3.63, 3.8) is 0 Å². The van der Waals surface area contributed by atoms with E-state index in [1.165, 1.54) is 19.3 Å². The van der Waals surface area contributed by atoms with E-state index in [9.17, 15) is 4.79 Å². The smallest absolute Gasteiger partial charge is 0.224 e. The van der Waals surface area contributed by atoms with E-state index < -0.39 is 0 Å². The van der Waals surface area contributed by atoms with Crippen LogP contribution in [0.4, 0.5) is 0 Å². The molecule has 2 rings (SSSR count). The van der Waals surface area contributed by atoms with Gasteiger partial charge in [-0.3, -0.25) is 4.79 Å². The topological polar surface area (TPSA) is 41.6 Å². The van der Waals surface area contributed by atoms with Gasteiger partial charge < -0.3 is 15.0 Å². The summed E-state index contributed by atoms with van der Waals surface area (Å²) in [5.74, 6) is 0.285. The minimum atomic E-state index is 0. The summed E-state index contributed by atoms with van der Waals surface area (Å²) in [5, 5.41) is 3.35. The summed E-state index contributed by atoms with van der Waals surface area (Å²) in [7, 11) is 0. The van der Waals surface area contributed by atoms with E-state index in [2.05, 4.69) is 24.1 Å². The molecule has 1 saturated carbocycles. The van der Waals surface area contributed by atoms with E-state index in [4.69, 9.17) is 4.74 Å². The summed E-state index contributed by atoms with van der Waals surface area (Å²) in [6.45, 7) is 6.52. The molecule has 1 aliphatic carbocycles. The molecule has 5 heteroatoms. The third-order valence-corrected chi connectivity index (χ3v) is 3.73. The molecule has 1 atom stereocenters. The molecule has 4 nitrogen and oxygen atoms in total. The molecular formula is C13H25ClN2O2. The molecule has 1 aliphatic heterocycles. The zero-order chi connectivity index (χ0) is 12.3. The van der Waals surface area contributed by atoms with Gasteiger partial charge in [0.2, 0.25) is 5.91 Å². The van der Waals surface area contributed by atoms with Crippen molar-refractivity contribution < 1.29 is 9.53 Å². The number of rotatable bonds is 4. The molecule has 0 radical (unpaired) electrons. The predicted molar refractivity (Wildman–Crippen MR) is 74.1 cm³/mol. The van der Waals surface area contributed by atoms with Crippen LogP contribution in [0.25, 0.3) is 0 Å². The molecule has 2 aliphatic rings. The molecule has 0 aromatic rings. The van der Waals surface area contributed by atoms with E-state index in [1.54, 1.807) is 0 Å². The Kier molecular flexibility index (Phi) is 6.39. The lowest BCUT2D eigenvalue weighted by Crippen LogP contribution is -2.51. The Hall–Kier alpha value is -0.320. The van der Waals surface area contributed by atoms with Crippen LogP contribution in [0.5, 0.6) is 0 Å². The van der Waals surface area contributed by atoms with Crippen LogP contribution in [0.2, 0.25) is 0 Å². The van der Waals surface area contributed by atoms with Gasteiger partial charge in [-0.25, -0.2) is 0 Å². The standard InChI is InChI=1S/C13H24N2O2.ClH/c1-10(2)15(12-4-3-5-12)13(16)8-11-9-17-7-6-14-11;/h10-12,14H,3-9H2,1-2H3;1H. The average Bonchev–Trinajstić information content (AvgIpc) is 2.23. The van der Waals surface area contributed by atoms with Crippen molar-refractivity contribution in [3.8, 4) is 0 Å². The highest BCUT2D eigenvalue weighted by Gasteiger charge is 2.31. The Bertz CT molecular complexity index is 264. The normalized spacial score (nSPS) is 24.3. The first-order valence-corrected chi connectivity index (χ1v) is 6.80. The Morgan fingerprint density at radius 1 is 1.44 bits per heavy atom. The maximum atomic E-state index is 12.3. The summed E-state index contributed by atoms with van der Waals surface area (Å²) in [6, 6.07) is 1.02. The van der Waals surface area contributed by atoms with Gasteiger partial charge in [-0.2, -0.15) is 0 Å². The van der Waals surface area contributed by atoms with Gasteiger partial charge in [-0.1, -0.05) is 0 Å². The number of nitrogens with one attached hydrogen (secondary N) is 1. The Morgan fingerprint density at radius 2 is 2.17 bits per heavy atom. The molecule has 0 bridgehead atoms. The van der Waals surface area contributed by atoms with Crippen molar-refractivity contribution in [1.29, 1.82) is 0 Å². The van der Waals surface area contributed by atoms with E-state index in [0.29, 0.717) is 25.1 Å². The number of nitrogens with zero attached hydrogens (tertiary/aromatic N) is 1. The molecule has 1 heterocycles. The predicted octanol–water partition coefficient (Wildman–Crippen LogP) is 1.58. The summed E-state index contributed by atoms with van der Waals surface area (Å²) in [5.41, 5.74) is 0. The SMILES string of the molecule is CC(C)N(C(=O)CC1COCCN1)C1CCC1.Cl. The second-order valence-corrected chi connectivity index (χ2v) is 5.41. The fourth-order valence-electron chi connectivity index (χ4n) is 2.65. The second-order valence-electron chi connectivity index (χ2n) is 5.41. The summed E-state index contributed by atoms with van der Waals surface area (Å²) < 4.78 is 5.39. The monoisotopic (exact) mass is 276 g/mol. The number of hydrogen-bond donors (Lipinski definition) is 1. The van der Waals surface area contributed by atoms with E-state index in [1.807, 2.05) is 0 Å². The van der Waals surface area contributed by atoms with Crippen LogP contribution < -0.4 is 5.32 Å². The number of ether oxygens (including phenoxy) is 1. The van der Waals surface area contributed by atoms with E-state index in [0.717, 1.165) is 13.2 Å². The molecule has 2 fully saturated rings. The van der Waals surface area contributed by atoms with Gasteiger partial charge in [0.1, 0.15) is 0 Å². The number of carbonyl (C=O) groups excluding carboxylic acids is 1. The first-order valence-electron chi connectivity index (χ1n) is 6.80. The molecule has 1 N–H and O–H groups in total. The van der Waals surface area contributed by atoms with Gasteiger partial charge >= 0.3 is 0 Å². The van der Waals surface area contributed by atoms with Crippen LogP contribution in [0.15, 0.2) is 0 Å². The van der Waals surface area contributed by atoms with Crippen molar-refractivity contribution in [3.05, 3.63) is 0 Å². The highest BCUT2D eigenvalue weighted by atomic mass is 35.5. The first-order chi connectivity index (χ1) is 8.18. The molecule has 0 spiro atoms. The molecule has 106 valence electrons. The quantitative estimate of drug-likeness (QED) is 0.848. The Labute approximate surface area is 116 Å². The number of morpholine rings is 1. The lowest BCUT2D eigenvalue weighted by atomic mass is 9.90. The molecule has 0 aromatic carbocycles. The summed E-state index contributed by atoms with van der Waals surface area (Å²) >= 11 is 0. The average molecular weight is 277 g/mol. The van der Waals surface area contributed by atoms with Gasteiger partial charge in [0.15, 0.2) is 0 Å². The maximum absolute atomic E-state index is 12.3. The number of halogens is 1. The van der Waals surface area contributed by atoms with Crippen LogP contribution in [0, 0.1) is 0 Å². The van der Waals surface area contributed by atoms with Gasteiger partial charge in [0, 0.05) is 31.1 Å². The van der Waals surface area contributed by atoms with Crippen molar-refractivity contribution in [2.45, 2.75) is 57.7 Å². The highest BCUT2D eigenvalue weighted by molar-refractivity contribution is 5.85. The van der Waals surface area contributed by atoms with E-state index >= 15 is 0 Å². The first kappa shape index (κ1) is 15.7. The largest absolute Gasteiger partial charge is 0.378 e. The minimum absolute atomic E-state index is 0. The Morgan fingerprint density at radius 3 is 2.61 bits per heavy atom. The fraction of sp³-hybridized carbons (Fsp3) is 0.923. The van der Waals surface area contributed by atoms with Crippen LogP contribution in [0.3, 0.4) is 0 Å². The Balaban J connectivity index is 0.00000162. The second kappa shape index (κ2) is 7.31. The number of hydrogen-bond acceptors (Lipinski definition) is 3. The van der Waals surface area contributed by atoms with Gasteiger partial charge in [-0.15, -0.1) is 12.4 Å². The molecule has 18 heavy (non-hydrogen) atoms. The van der Waals surface area contributed by atoms with Crippen LogP contribution in [0.1, 0.15) is 39.5 Å². The molecular weight excluding hydrogens is 252 g/mol. The zero-order valence-electron chi connectivity index (χ0n) is 11.4. The maximum Gasteiger partial charge on any atom is 0.224 e. The number of amides is 1.